The molecule has 0 radical (unpaired) electrons. The molecule has 0 aromatic heterocycles. The third-order valence-electron chi connectivity index (χ3n) is 2.20. The molecule has 0 bridgehead atoms. The van der Waals surface area contributed by atoms with Crippen LogP contribution in [0.4, 0.5) is 0 Å². The Morgan fingerprint density at radius 2 is 1.86 bits per heavy atom. The zero-order valence-electron chi connectivity index (χ0n) is 9.16. The molecule has 1 aromatic rings. The first-order valence-electron chi connectivity index (χ1n) is 5.09. The van der Waals surface area contributed by atoms with E-state index in [4.69, 9.17) is 4.74 Å². The van der Waals surface area contributed by atoms with Crippen molar-refractivity contribution in [1.29, 1.82) is 0 Å². The average Bonchev–Trinajstić information content (AvgIpc) is 2.19. The Morgan fingerprint density at radius 1 is 1.21 bits per heavy atom. The molecule has 0 saturated heterocycles. The molecule has 0 heterocycles. The van der Waals surface area contributed by atoms with E-state index in [0.29, 0.717) is 0 Å². The maximum absolute atomic E-state index is 5.81. The maximum atomic E-state index is 5.81. The van der Waals surface area contributed by atoms with Gasteiger partial charge in [0.15, 0.2) is 0 Å². The van der Waals surface area contributed by atoms with Crippen LogP contribution in [0.2, 0.25) is 0 Å². The van der Waals surface area contributed by atoms with Crippen molar-refractivity contribution in [2.75, 3.05) is 13.6 Å². The van der Waals surface area contributed by atoms with Crippen LogP contribution >= 0.6 is 0 Å². The highest BCUT2D eigenvalue weighted by molar-refractivity contribution is 5.16. The van der Waals surface area contributed by atoms with Crippen molar-refractivity contribution >= 4 is 0 Å². The summed E-state index contributed by atoms with van der Waals surface area (Å²) in [6.45, 7) is 5.05. The highest BCUT2D eigenvalue weighted by Crippen LogP contribution is 2.17. The van der Waals surface area contributed by atoms with Gasteiger partial charge in [-0.3, -0.25) is 0 Å². The zero-order valence-corrected chi connectivity index (χ0v) is 9.16. The molecule has 14 heavy (non-hydrogen) atoms. The van der Waals surface area contributed by atoms with Crippen molar-refractivity contribution in [1.82, 2.24) is 5.32 Å². The van der Waals surface area contributed by atoms with Gasteiger partial charge < -0.3 is 10.1 Å². The van der Waals surface area contributed by atoms with E-state index in [1.807, 2.05) is 25.2 Å². The van der Waals surface area contributed by atoms with Crippen molar-refractivity contribution in [3.8, 4) is 0 Å². The molecule has 2 heteroatoms. The standard InChI is InChI=1S/C12H19NO/c1-10(9-13-3)14-11(2)12-7-5-4-6-8-12/h4-8,10-11,13H,9H2,1-3H3. The monoisotopic (exact) mass is 193 g/mol. The average molecular weight is 193 g/mol. The van der Waals surface area contributed by atoms with Crippen LogP contribution in [-0.2, 0) is 4.74 Å². The molecular formula is C12H19NO. The van der Waals surface area contributed by atoms with E-state index in [0.717, 1.165) is 6.54 Å². The molecule has 0 saturated carbocycles. The largest absolute Gasteiger partial charge is 0.370 e. The molecule has 2 unspecified atom stereocenters. The molecule has 0 aliphatic heterocycles. The van der Waals surface area contributed by atoms with Crippen LogP contribution in [0.3, 0.4) is 0 Å². The molecule has 2 atom stereocenters. The highest BCUT2D eigenvalue weighted by atomic mass is 16.5. The summed E-state index contributed by atoms with van der Waals surface area (Å²) in [4.78, 5) is 0. The van der Waals surface area contributed by atoms with Gasteiger partial charge in [0, 0.05) is 6.54 Å². The minimum atomic E-state index is 0.166. The number of hydrogen-bond acceptors (Lipinski definition) is 2. The second-order valence-electron chi connectivity index (χ2n) is 3.56. The molecule has 1 aromatic carbocycles. The smallest absolute Gasteiger partial charge is 0.0801 e. The summed E-state index contributed by atoms with van der Waals surface area (Å²) in [5.74, 6) is 0. The molecule has 2 nitrogen and oxygen atoms in total. The summed E-state index contributed by atoms with van der Waals surface area (Å²) in [6, 6.07) is 10.3. The van der Waals surface area contributed by atoms with E-state index in [1.54, 1.807) is 0 Å². The van der Waals surface area contributed by atoms with Crippen molar-refractivity contribution < 1.29 is 4.74 Å². The summed E-state index contributed by atoms with van der Waals surface area (Å²) in [5, 5.41) is 3.10. The van der Waals surface area contributed by atoms with Gasteiger partial charge in [-0.1, -0.05) is 30.3 Å². The van der Waals surface area contributed by atoms with Crippen LogP contribution < -0.4 is 5.32 Å². The first-order chi connectivity index (χ1) is 6.74. The molecule has 78 valence electrons. The lowest BCUT2D eigenvalue weighted by atomic mass is 10.1. The fourth-order valence-electron chi connectivity index (χ4n) is 1.49. The van der Waals surface area contributed by atoms with Crippen molar-refractivity contribution in [2.24, 2.45) is 0 Å². The summed E-state index contributed by atoms with van der Waals surface area (Å²) >= 11 is 0. The Labute approximate surface area is 86.3 Å². The Kier molecular flexibility index (Phi) is 4.63. The molecule has 0 fully saturated rings. The van der Waals surface area contributed by atoms with Gasteiger partial charge in [-0.25, -0.2) is 0 Å². The Bertz CT molecular complexity index is 248. The molecule has 0 amide bonds. The second-order valence-corrected chi connectivity index (χ2v) is 3.56. The first kappa shape index (κ1) is 11.2. The van der Waals surface area contributed by atoms with Crippen molar-refractivity contribution in [2.45, 2.75) is 26.1 Å². The van der Waals surface area contributed by atoms with Gasteiger partial charge in [0.25, 0.3) is 0 Å². The van der Waals surface area contributed by atoms with Gasteiger partial charge in [0.05, 0.1) is 12.2 Å². The van der Waals surface area contributed by atoms with Gasteiger partial charge >= 0.3 is 0 Å². The van der Waals surface area contributed by atoms with Crippen LogP contribution in [-0.4, -0.2) is 19.7 Å². The zero-order chi connectivity index (χ0) is 10.4. The van der Waals surface area contributed by atoms with Crippen LogP contribution in [0.25, 0.3) is 0 Å². The van der Waals surface area contributed by atoms with E-state index in [1.165, 1.54) is 5.56 Å². The normalized spacial score (nSPS) is 15.1. The number of ether oxygens (including phenoxy) is 1. The van der Waals surface area contributed by atoms with Gasteiger partial charge in [-0.15, -0.1) is 0 Å². The Balaban J connectivity index is 2.46. The fourth-order valence-corrected chi connectivity index (χ4v) is 1.49. The lowest BCUT2D eigenvalue weighted by molar-refractivity contribution is 0.00886. The molecule has 0 spiro atoms. The molecule has 1 N–H and O–H groups in total. The SMILES string of the molecule is CNCC(C)OC(C)c1ccccc1. The van der Waals surface area contributed by atoms with E-state index >= 15 is 0 Å². The number of hydrogen-bond donors (Lipinski definition) is 1. The molecule has 0 aliphatic carbocycles. The van der Waals surface area contributed by atoms with E-state index < -0.39 is 0 Å². The second kappa shape index (κ2) is 5.78. The lowest BCUT2D eigenvalue weighted by Crippen LogP contribution is -2.24. The van der Waals surface area contributed by atoms with Gasteiger partial charge in [-0.05, 0) is 26.5 Å². The third kappa shape index (κ3) is 3.48. The number of rotatable bonds is 5. The van der Waals surface area contributed by atoms with Gasteiger partial charge in [-0.2, -0.15) is 0 Å². The highest BCUT2D eigenvalue weighted by Gasteiger charge is 2.08. The topological polar surface area (TPSA) is 21.3 Å². The van der Waals surface area contributed by atoms with Crippen molar-refractivity contribution in [3.05, 3.63) is 35.9 Å². The van der Waals surface area contributed by atoms with E-state index in [2.05, 4.69) is 31.3 Å². The summed E-state index contributed by atoms with van der Waals surface area (Å²) in [5.41, 5.74) is 1.23. The molecule has 1 rings (SSSR count). The van der Waals surface area contributed by atoms with Crippen LogP contribution in [0.15, 0.2) is 30.3 Å². The third-order valence-corrected chi connectivity index (χ3v) is 2.20. The first-order valence-corrected chi connectivity index (χ1v) is 5.09. The minimum Gasteiger partial charge on any atom is -0.370 e. The lowest BCUT2D eigenvalue weighted by Gasteiger charge is -2.19. The number of nitrogens with one attached hydrogen (secondary N) is 1. The van der Waals surface area contributed by atoms with Crippen LogP contribution in [0.1, 0.15) is 25.5 Å². The fraction of sp³-hybridized carbons (Fsp3) is 0.500. The molecule has 0 aliphatic rings. The predicted molar refractivity (Wildman–Crippen MR) is 59.3 cm³/mol. The maximum Gasteiger partial charge on any atom is 0.0801 e. The van der Waals surface area contributed by atoms with Gasteiger partial charge in [0.1, 0.15) is 0 Å². The summed E-state index contributed by atoms with van der Waals surface area (Å²) in [6.07, 6.45) is 0.412. The van der Waals surface area contributed by atoms with Gasteiger partial charge in [0.2, 0.25) is 0 Å². The Morgan fingerprint density at radius 3 is 2.43 bits per heavy atom. The summed E-state index contributed by atoms with van der Waals surface area (Å²) < 4.78 is 5.81. The Hall–Kier alpha value is -0.860. The molecular weight excluding hydrogens is 174 g/mol. The van der Waals surface area contributed by atoms with E-state index in [-0.39, 0.29) is 12.2 Å². The van der Waals surface area contributed by atoms with Crippen LogP contribution in [0.5, 0.6) is 0 Å². The van der Waals surface area contributed by atoms with E-state index in [9.17, 15) is 0 Å². The minimum absolute atomic E-state index is 0.166. The quantitative estimate of drug-likeness (QED) is 0.775. The number of benzene rings is 1. The van der Waals surface area contributed by atoms with Crippen molar-refractivity contribution in [3.63, 3.8) is 0 Å². The van der Waals surface area contributed by atoms with Crippen LogP contribution in [0, 0.1) is 0 Å². The number of likely N-dealkylation sites (N-methyl/N-ethyl adjacent to an activating group) is 1. The summed E-state index contributed by atoms with van der Waals surface area (Å²) in [7, 11) is 1.94. The predicted octanol–water partition coefficient (Wildman–Crippen LogP) is 2.37.